The molecule has 2 atom stereocenters. The fourth-order valence-corrected chi connectivity index (χ4v) is 5.54. The van der Waals surface area contributed by atoms with Crippen molar-refractivity contribution < 1.29 is 28.5 Å². The quantitative estimate of drug-likeness (QED) is 0.154. The highest BCUT2D eigenvalue weighted by atomic mass is 32.2. The standard InChI is InChI=1S/C33H35NO6S/c1-4-37-32(35)22-40-28-13-8-10-24(18-28)19-31(41-23(3)33(36)38-5-2)26-12-9-14-29(20-26)39-21-27-17-16-25-11-6-7-15-30(25)34-27/h6-18,20,23,31H,4-5,19,21-22H2,1-3H3. The van der Waals surface area contributed by atoms with Crippen molar-refractivity contribution in [3.63, 3.8) is 0 Å². The number of hydrogen-bond acceptors (Lipinski definition) is 8. The maximum Gasteiger partial charge on any atom is 0.344 e. The number of carbonyl (C=O) groups excluding carboxylic acids is 2. The van der Waals surface area contributed by atoms with E-state index in [1.165, 1.54) is 11.8 Å². The monoisotopic (exact) mass is 573 g/mol. The predicted octanol–water partition coefficient (Wildman–Crippen LogP) is 6.72. The smallest absolute Gasteiger partial charge is 0.344 e. The van der Waals surface area contributed by atoms with Crippen LogP contribution in [0, 0.1) is 0 Å². The van der Waals surface area contributed by atoms with E-state index < -0.39 is 5.97 Å². The highest BCUT2D eigenvalue weighted by Gasteiger charge is 2.23. The van der Waals surface area contributed by atoms with E-state index in [-0.39, 0.29) is 23.1 Å². The van der Waals surface area contributed by atoms with Crippen molar-refractivity contribution in [2.45, 2.75) is 44.3 Å². The van der Waals surface area contributed by atoms with Crippen molar-refractivity contribution in [3.05, 3.63) is 102 Å². The summed E-state index contributed by atoms with van der Waals surface area (Å²) in [5, 5.41) is 0.649. The van der Waals surface area contributed by atoms with Crippen LogP contribution >= 0.6 is 11.8 Å². The van der Waals surface area contributed by atoms with Gasteiger partial charge in [0.05, 0.1) is 24.4 Å². The molecular formula is C33H35NO6S. The van der Waals surface area contributed by atoms with Crippen molar-refractivity contribution in [2.75, 3.05) is 19.8 Å². The van der Waals surface area contributed by atoms with Crippen molar-refractivity contribution >= 4 is 34.6 Å². The zero-order valence-electron chi connectivity index (χ0n) is 23.6. The SMILES string of the molecule is CCOC(=O)COc1cccc(CC(SC(C)C(=O)OCC)c2cccc(OCc3ccc4ccccc4n3)c2)c1. The minimum Gasteiger partial charge on any atom is -0.487 e. The summed E-state index contributed by atoms with van der Waals surface area (Å²) in [6.45, 7) is 6.25. The number of ether oxygens (including phenoxy) is 4. The third-order valence-corrected chi connectivity index (χ3v) is 7.61. The third kappa shape index (κ3) is 8.98. The molecule has 0 bridgehead atoms. The van der Waals surface area contributed by atoms with Crippen LogP contribution in [0.25, 0.3) is 10.9 Å². The van der Waals surface area contributed by atoms with Gasteiger partial charge in [0, 0.05) is 10.6 Å². The van der Waals surface area contributed by atoms with E-state index in [0.29, 0.717) is 32.0 Å². The first-order valence-electron chi connectivity index (χ1n) is 13.7. The summed E-state index contributed by atoms with van der Waals surface area (Å²) in [4.78, 5) is 28.9. The molecule has 0 saturated heterocycles. The average molecular weight is 574 g/mol. The highest BCUT2D eigenvalue weighted by Crippen LogP contribution is 2.37. The Labute approximate surface area is 245 Å². The molecular weight excluding hydrogens is 538 g/mol. The van der Waals surface area contributed by atoms with E-state index in [0.717, 1.165) is 33.5 Å². The van der Waals surface area contributed by atoms with E-state index in [1.807, 2.05) is 85.8 Å². The second kappa shape index (κ2) is 15.1. The molecule has 0 aliphatic heterocycles. The molecule has 0 fully saturated rings. The number of hydrogen-bond donors (Lipinski definition) is 0. The number of benzene rings is 3. The van der Waals surface area contributed by atoms with Gasteiger partial charge in [-0.25, -0.2) is 9.78 Å². The minimum atomic E-state index is -0.412. The van der Waals surface area contributed by atoms with Gasteiger partial charge in [-0.1, -0.05) is 48.5 Å². The molecule has 0 spiro atoms. The van der Waals surface area contributed by atoms with Crippen LogP contribution in [-0.2, 0) is 32.1 Å². The van der Waals surface area contributed by atoms with Crippen LogP contribution in [0.15, 0.2) is 84.9 Å². The molecule has 0 radical (unpaired) electrons. The van der Waals surface area contributed by atoms with E-state index in [4.69, 9.17) is 23.9 Å². The van der Waals surface area contributed by atoms with Crippen LogP contribution in [0.4, 0.5) is 0 Å². The van der Waals surface area contributed by atoms with Gasteiger partial charge in [0.2, 0.25) is 0 Å². The van der Waals surface area contributed by atoms with Gasteiger partial charge in [-0.15, -0.1) is 11.8 Å². The number of carbonyl (C=O) groups is 2. The van der Waals surface area contributed by atoms with Crippen LogP contribution in [0.2, 0.25) is 0 Å². The van der Waals surface area contributed by atoms with Crippen LogP contribution in [0.1, 0.15) is 42.8 Å². The average Bonchev–Trinajstić information content (AvgIpc) is 2.99. The van der Waals surface area contributed by atoms with Crippen LogP contribution in [0.3, 0.4) is 0 Å². The van der Waals surface area contributed by atoms with Crippen molar-refractivity contribution in [1.82, 2.24) is 4.98 Å². The van der Waals surface area contributed by atoms with Gasteiger partial charge in [-0.05, 0) is 74.7 Å². The number of thioether (sulfide) groups is 1. The number of aromatic nitrogens is 1. The normalized spacial score (nSPS) is 12.4. The summed E-state index contributed by atoms with van der Waals surface area (Å²) in [5.41, 5.74) is 3.80. The topological polar surface area (TPSA) is 84.0 Å². The lowest BCUT2D eigenvalue weighted by Crippen LogP contribution is -2.19. The number of rotatable bonds is 14. The third-order valence-electron chi connectivity index (χ3n) is 6.24. The van der Waals surface area contributed by atoms with Gasteiger partial charge in [0.25, 0.3) is 0 Å². The fraction of sp³-hybridized carbons (Fsp3) is 0.303. The summed E-state index contributed by atoms with van der Waals surface area (Å²) in [6.07, 6.45) is 0.626. The lowest BCUT2D eigenvalue weighted by atomic mass is 10.0. The first-order chi connectivity index (χ1) is 19.9. The lowest BCUT2D eigenvalue weighted by Gasteiger charge is -2.21. The molecule has 2 unspecified atom stereocenters. The van der Waals surface area contributed by atoms with E-state index in [2.05, 4.69) is 0 Å². The summed E-state index contributed by atoms with van der Waals surface area (Å²) in [6, 6.07) is 27.6. The number of pyridine rings is 1. The molecule has 0 amide bonds. The first-order valence-corrected chi connectivity index (χ1v) is 14.7. The second-order valence-corrected chi connectivity index (χ2v) is 10.9. The molecule has 4 rings (SSSR count). The van der Waals surface area contributed by atoms with Crippen LogP contribution < -0.4 is 9.47 Å². The van der Waals surface area contributed by atoms with Gasteiger partial charge in [0.1, 0.15) is 23.4 Å². The molecule has 0 N–H and O–H groups in total. The molecule has 41 heavy (non-hydrogen) atoms. The largest absolute Gasteiger partial charge is 0.487 e. The molecule has 0 saturated carbocycles. The van der Waals surface area contributed by atoms with Gasteiger partial charge in [-0.2, -0.15) is 0 Å². The Hall–Kier alpha value is -4.04. The Balaban J connectivity index is 1.50. The molecule has 4 aromatic rings. The van der Waals surface area contributed by atoms with Gasteiger partial charge < -0.3 is 18.9 Å². The zero-order chi connectivity index (χ0) is 29.0. The Morgan fingerprint density at radius 1 is 0.829 bits per heavy atom. The predicted molar refractivity (Wildman–Crippen MR) is 161 cm³/mol. The summed E-state index contributed by atoms with van der Waals surface area (Å²) in [5.74, 6) is 0.644. The Bertz CT molecular complexity index is 1460. The van der Waals surface area contributed by atoms with Crippen molar-refractivity contribution in [3.8, 4) is 11.5 Å². The fourth-order valence-electron chi connectivity index (χ4n) is 4.28. The Kier molecular flexibility index (Phi) is 11.0. The maximum absolute atomic E-state index is 12.5. The maximum atomic E-state index is 12.5. The van der Waals surface area contributed by atoms with E-state index in [1.54, 1.807) is 19.9 Å². The summed E-state index contributed by atoms with van der Waals surface area (Å²) < 4.78 is 22.0. The molecule has 214 valence electrons. The summed E-state index contributed by atoms with van der Waals surface area (Å²) >= 11 is 1.54. The minimum absolute atomic E-state index is 0.0722. The lowest BCUT2D eigenvalue weighted by molar-refractivity contribution is -0.145. The number of nitrogens with zero attached hydrogens (tertiary/aromatic N) is 1. The van der Waals surface area contributed by atoms with Gasteiger partial charge in [-0.3, -0.25) is 4.79 Å². The van der Waals surface area contributed by atoms with Gasteiger partial charge in [0.15, 0.2) is 6.61 Å². The Morgan fingerprint density at radius 2 is 1.59 bits per heavy atom. The zero-order valence-corrected chi connectivity index (χ0v) is 24.4. The van der Waals surface area contributed by atoms with Crippen LogP contribution in [-0.4, -0.2) is 42.0 Å². The van der Waals surface area contributed by atoms with Crippen LogP contribution in [0.5, 0.6) is 11.5 Å². The molecule has 1 heterocycles. The second-order valence-electron chi connectivity index (χ2n) is 9.32. The van der Waals surface area contributed by atoms with E-state index in [9.17, 15) is 9.59 Å². The molecule has 1 aromatic heterocycles. The molecule has 3 aromatic carbocycles. The molecule has 7 nitrogen and oxygen atoms in total. The van der Waals surface area contributed by atoms with Crippen molar-refractivity contribution in [2.24, 2.45) is 0 Å². The number of para-hydroxylation sites is 1. The number of fused-ring (bicyclic) bond motifs is 1. The highest BCUT2D eigenvalue weighted by molar-refractivity contribution is 8.00. The first kappa shape index (κ1) is 29.9. The molecule has 0 aliphatic rings. The van der Waals surface area contributed by atoms with E-state index >= 15 is 0 Å². The summed E-state index contributed by atoms with van der Waals surface area (Å²) in [7, 11) is 0. The molecule has 0 aliphatic carbocycles. The Morgan fingerprint density at radius 3 is 2.39 bits per heavy atom. The van der Waals surface area contributed by atoms with Crippen molar-refractivity contribution in [1.29, 1.82) is 0 Å². The van der Waals surface area contributed by atoms with Gasteiger partial charge >= 0.3 is 11.9 Å². The molecule has 8 heteroatoms. The number of esters is 2.